The number of thioether (sulfide) groups is 1. The van der Waals surface area contributed by atoms with Gasteiger partial charge in [0.05, 0.1) is 0 Å². The van der Waals surface area contributed by atoms with Gasteiger partial charge in [0.2, 0.25) is 0 Å². The lowest BCUT2D eigenvalue weighted by molar-refractivity contribution is -0.137. The maximum Gasteiger partial charge on any atom is 0.409 e. The van der Waals surface area contributed by atoms with Gasteiger partial charge in [0.1, 0.15) is 5.60 Å². The zero-order valence-electron chi connectivity index (χ0n) is 13.2. The predicted octanol–water partition coefficient (Wildman–Crippen LogP) is 3.87. The molecule has 2 N–H and O–H groups in total. The molecule has 0 aromatic heterocycles. The van der Waals surface area contributed by atoms with Gasteiger partial charge in [0.15, 0.2) is 5.37 Å². The van der Waals surface area contributed by atoms with Gasteiger partial charge in [-0.1, -0.05) is 42.1 Å². The Balaban J connectivity index is 2.11. The molecule has 2 aromatic carbocycles. The third-order valence-electron chi connectivity index (χ3n) is 2.85. The second kappa shape index (κ2) is 6.91. The number of rotatable bonds is 4. The number of hydrogen-bond donors (Lipinski definition) is 2. The molecule has 6 heteroatoms. The molecular weight excluding hydrogens is 314 g/mol. The molecule has 0 aliphatic heterocycles. The average molecular weight is 333 g/mol. The Labute approximate surface area is 139 Å². The third kappa shape index (κ3) is 5.17. The summed E-state index contributed by atoms with van der Waals surface area (Å²) < 4.78 is 5.10. The fourth-order valence-electron chi connectivity index (χ4n) is 1.93. The number of carboxylic acids is 1. The van der Waals surface area contributed by atoms with Crippen molar-refractivity contribution in [3.05, 3.63) is 42.5 Å². The molecule has 2 aromatic rings. The van der Waals surface area contributed by atoms with Crippen molar-refractivity contribution in [2.24, 2.45) is 0 Å². The van der Waals surface area contributed by atoms with Gasteiger partial charge in [-0.3, -0.25) is 5.32 Å². The second-order valence-corrected chi connectivity index (χ2v) is 7.17. The van der Waals surface area contributed by atoms with Crippen LogP contribution in [0.25, 0.3) is 10.8 Å². The van der Waals surface area contributed by atoms with Crippen LogP contribution in [0.4, 0.5) is 4.79 Å². The van der Waals surface area contributed by atoms with E-state index in [4.69, 9.17) is 4.74 Å². The minimum atomic E-state index is -1.13. The van der Waals surface area contributed by atoms with Crippen LogP contribution in [-0.4, -0.2) is 28.1 Å². The number of benzene rings is 2. The van der Waals surface area contributed by atoms with Crippen molar-refractivity contribution in [1.82, 2.24) is 5.32 Å². The van der Waals surface area contributed by atoms with E-state index in [1.54, 1.807) is 20.8 Å². The number of alkyl carbamates (subject to hydrolysis) is 1. The molecule has 0 aliphatic carbocycles. The summed E-state index contributed by atoms with van der Waals surface area (Å²) in [6.45, 7) is 5.16. The fraction of sp³-hybridized carbons (Fsp3) is 0.294. The standard InChI is InChI=1S/C17H19NO4S/c1-17(2,3)22-16(21)18-14(15(19)20)23-13-9-8-11-6-4-5-7-12(11)10-13/h4-10,14H,1-3H3,(H,18,21)(H,19,20)/t14-/m0/s1. The van der Waals surface area contributed by atoms with Crippen LogP contribution in [0.2, 0.25) is 0 Å². The van der Waals surface area contributed by atoms with Crippen LogP contribution in [-0.2, 0) is 9.53 Å². The fourth-order valence-corrected chi connectivity index (χ4v) is 2.80. The number of carbonyl (C=O) groups is 2. The molecule has 122 valence electrons. The minimum Gasteiger partial charge on any atom is -0.479 e. The number of carbonyl (C=O) groups excluding carboxylic acids is 1. The predicted molar refractivity (Wildman–Crippen MR) is 90.6 cm³/mol. The molecule has 0 heterocycles. The molecule has 5 nitrogen and oxygen atoms in total. The minimum absolute atomic E-state index is 0.680. The molecular formula is C17H19NO4S. The van der Waals surface area contributed by atoms with E-state index in [1.165, 1.54) is 0 Å². The first-order chi connectivity index (χ1) is 10.7. The number of amides is 1. The number of aliphatic carboxylic acids is 1. The molecule has 1 amide bonds. The van der Waals surface area contributed by atoms with Crippen molar-refractivity contribution in [2.45, 2.75) is 36.6 Å². The zero-order chi connectivity index (χ0) is 17.0. The molecule has 0 saturated heterocycles. The van der Waals surface area contributed by atoms with Crippen molar-refractivity contribution in [3.63, 3.8) is 0 Å². The van der Waals surface area contributed by atoms with Gasteiger partial charge in [-0.2, -0.15) is 0 Å². The molecule has 2 rings (SSSR count). The maximum atomic E-state index is 11.8. The summed E-state index contributed by atoms with van der Waals surface area (Å²) in [6, 6.07) is 13.5. The third-order valence-corrected chi connectivity index (χ3v) is 3.93. The van der Waals surface area contributed by atoms with Gasteiger partial charge in [-0.15, -0.1) is 0 Å². The first-order valence-electron chi connectivity index (χ1n) is 7.12. The van der Waals surface area contributed by atoms with Crippen molar-refractivity contribution < 1.29 is 19.4 Å². The smallest absolute Gasteiger partial charge is 0.409 e. The lowest BCUT2D eigenvalue weighted by Gasteiger charge is -2.21. The van der Waals surface area contributed by atoms with Crippen LogP contribution in [0.15, 0.2) is 47.4 Å². The monoisotopic (exact) mass is 333 g/mol. The molecule has 0 fully saturated rings. The number of hydrogen-bond acceptors (Lipinski definition) is 4. The number of ether oxygens (including phenoxy) is 1. The van der Waals surface area contributed by atoms with Crippen LogP contribution in [0.5, 0.6) is 0 Å². The van der Waals surface area contributed by atoms with E-state index in [9.17, 15) is 14.7 Å². The van der Waals surface area contributed by atoms with Crippen molar-refractivity contribution in [2.75, 3.05) is 0 Å². The van der Waals surface area contributed by atoms with Crippen molar-refractivity contribution in [1.29, 1.82) is 0 Å². The number of nitrogens with one attached hydrogen (secondary N) is 1. The van der Waals surface area contributed by atoms with Crippen LogP contribution in [0.3, 0.4) is 0 Å². The molecule has 0 aliphatic rings. The highest BCUT2D eigenvalue weighted by molar-refractivity contribution is 8.00. The van der Waals surface area contributed by atoms with Gasteiger partial charge in [-0.05, 0) is 43.7 Å². The van der Waals surface area contributed by atoms with E-state index in [1.807, 2.05) is 42.5 Å². The Kier molecular flexibility index (Phi) is 5.15. The molecule has 1 atom stereocenters. The average Bonchev–Trinajstić information content (AvgIpc) is 2.44. The molecule has 0 unspecified atom stereocenters. The highest BCUT2D eigenvalue weighted by Crippen LogP contribution is 2.26. The molecule has 0 radical (unpaired) electrons. The van der Waals surface area contributed by atoms with E-state index in [0.29, 0.717) is 0 Å². The highest BCUT2D eigenvalue weighted by Gasteiger charge is 2.24. The Bertz CT molecular complexity index is 724. The maximum absolute atomic E-state index is 11.8. The van der Waals surface area contributed by atoms with Gasteiger partial charge >= 0.3 is 12.1 Å². The van der Waals surface area contributed by atoms with Crippen LogP contribution in [0, 0.1) is 0 Å². The number of carboxylic acid groups (broad SMARTS) is 1. The summed E-state index contributed by atoms with van der Waals surface area (Å²) in [5.74, 6) is -1.13. The van der Waals surface area contributed by atoms with E-state index in [2.05, 4.69) is 5.32 Å². The molecule has 0 saturated carbocycles. The summed E-state index contributed by atoms with van der Waals surface area (Å²) in [5.41, 5.74) is -0.680. The van der Waals surface area contributed by atoms with Crippen LogP contribution < -0.4 is 5.32 Å². The Hall–Kier alpha value is -2.21. The summed E-state index contributed by atoms with van der Waals surface area (Å²) >= 11 is 1.05. The quantitative estimate of drug-likeness (QED) is 0.656. The Morgan fingerprint density at radius 1 is 1.13 bits per heavy atom. The van der Waals surface area contributed by atoms with E-state index >= 15 is 0 Å². The number of fused-ring (bicyclic) bond motifs is 1. The van der Waals surface area contributed by atoms with Gasteiger partial charge in [0, 0.05) is 4.90 Å². The summed E-state index contributed by atoms with van der Waals surface area (Å²) in [6.07, 6.45) is -0.752. The first kappa shape index (κ1) is 17.1. The van der Waals surface area contributed by atoms with Gasteiger partial charge < -0.3 is 9.84 Å². The SMILES string of the molecule is CC(C)(C)OC(=O)N[C@@H](Sc1ccc2ccccc2c1)C(=O)O. The zero-order valence-corrected chi connectivity index (χ0v) is 14.0. The normalized spacial score (nSPS) is 12.7. The van der Waals surface area contributed by atoms with Crippen molar-refractivity contribution >= 4 is 34.6 Å². The second-order valence-electron chi connectivity index (χ2n) is 5.99. The molecule has 0 bridgehead atoms. The van der Waals surface area contributed by atoms with Crippen LogP contribution >= 0.6 is 11.8 Å². The van der Waals surface area contributed by atoms with Gasteiger partial charge in [-0.25, -0.2) is 9.59 Å². The summed E-state index contributed by atoms with van der Waals surface area (Å²) in [4.78, 5) is 23.9. The van der Waals surface area contributed by atoms with Crippen molar-refractivity contribution in [3.8, 4) is 0 Å². The summed E-state index contributed by atoms with van der Waals surface area (Å²) in [5, 5.41) is 12.6. The molecule has 0 spiro atoms. The topological polar surface area (TPSA) is 75.6 Å². The lowest BCUT2D eigenvalue weighted by atomic mass is 10.1. The van der Waals surface area contributed by atoms with Crippen LogP contribution in [0.1, 0.15) is 20.8 Å². The Morgan fingerprint density at radius 2 is 1.78 bits per heavy atom. The van der Waals surface area contributed by atoms with E-state index in [0.717, 1.165) is 27.4 Å². The van der Waals surface area contributed by atoms with E-state index in [-0.39, 0.29) is 0 Å². The summed E-state index contributed by atoms with van der Waals surface area (Å²) in [7, 11) is 0. The first-order valence-corrected chi connectivity index (χ1v) is 8.00. The van der Waals surface area contributed by atoms with E-state index < -0.39 is 23.0 Å². The largest absolute Gasteiger partial charge is 0.479 e. The van der Waals surface area contributed by atoms with Gasteiger partial charge in [0.25, 0.3) is 0 Å². The Morgan fingerprint density at radius 3 is 2.39 bits per heavy atom. The molecule has 23 heavy (non-hydrogen) atoms. The highest BCUT2D eigenvalue weighted by atomic mass is 32.2. The lowest BCUT2D eigenvalue weighted by Crippen LogP contribution is -2.41.